The van der Waals surface area contributed by atoms with E-state index in [1.165, 1.54) is 48.5 Å². The van der Waals surface area contributed by atoms with Crippen molar-refractivity contribution in [2.24, 2.45) is 16.0 Å². The molecule has 0 aliphatic rings. The van der Waals surface area contributed by atoms with E-state index in [4.69, 9.17) is 44.3 Å². The summed E-state index contributed by atoms with van der Waals surface area (Å²) in [6.45, 7) is 0.678. The lowest BCUT2D eigenvalue weighted by Crippen LogP contribution is -2.14. The molecule has 0 aliphatic carbocycles. The number of pyridine rings is 2. The first kappa shape index (κ1) is 47.7. The van der Waals surface area contributed by atoms with Crippen molar-refractivity contribution in [1.82, 2.24) is 9.97 Å². The predicted octanol–water partition coefficient (Wildman–Crippen LogP) is 6.32. The Balaban J connectivity index is 0.000000230. The van der Waals surface area contributed by atoms with Gasteiger partial charge in [0.05, 0.1) is 15.6 Å². The average molecular weight is 905 g/mol. The first-order valence-corrected chi connectivity index (χ1v) is 21.9. The Morgan fingerprint density at radius 2 is 0.934 bits per heavy atom. The zero-order valence-electron chi connectivity index (χ0n) is 32.1. The lowest BCUT2D eigenvalue weighted by molar-refractivity contribution is 0.0696. The van der Waals surface area contributed by atoms with Crippen LogP contribution in [0.1, 0.15) is 76.8 Å². The fraction of sp³-hybridized carbons (Fsp3) is 0.116. The van der Waals surface area contributed by atoms with E-state index in [2.05, 4.69) is 9.97 Å². The first-order valence-electron chi connectivity index (χ1n) is 18.1. The molecular formula is C43H39Cl2N5O9S2. The van der Waals surface area contributed by atoms with Crippen LogP contribution in [0.5, 0.6) is 0 Å². The van der Waals surface area contributed by atoms with E-state index in [1.54, 1.807) is 36.7 Å². The van der Waals surface area contributed by atoms with Crippen LogP contribution < -0.4 is 16.0 Å². The van der Waals surface area contributed by atoms with E-state index in [9.17, 15) is 36.0 Å². The van der Waals surface area contributed by atoms with Crippen LogP contribution in [0.3, 0.4) is 0 Å². The number of halogens is 2. The summed E-state index contributed by atoms with van der Waals surface area (Å²) in [6.07, 6.45) is 6.15. The molecule has 7 N–H and O–H groups in total. The molecule has 0 radical (unpaired) electrons. The third-order valence-electron chi connectivity index (χ3n) is 8.55. The summed E-state index contributed by atoms with van der Waals surface area (Å²) >= 11 is 11.6. The lowest BCUT2D eigenvalue weighted by Gasteiger charge is -2.07. The molecule has 0 spiro atoms. The van der Waals surface area contributed by atoms with Crippen LogP contribution in [-0.2, 0) is 32.9 Å². The molecule has 0 bridgehead atoms. The third-order valence-corrected chi connectivity index (χ3v) is 11.3. The number of benzene rings is 4. The second-order valence-corrected chi connectivity index (χ2v) is 16.8. The van der Waals surface area contributed by atoms with E-state index in [0.29, 0.717) is 36.9 Å². The minimum Gasteiger partial charge on any atom is -0.478 e. The van der Waals surface area contributed by atoms with Crippen molar-refractivity contribution in [3.8, 4) is 0 Å². The highest BCUT2D eigenvalue weighted by atomic mass is 35.5. The number of carbonyl (C=O) groups excluding carboxylic acids is 3. The van der Waals surface area contributed by atoms with Gasteiger partial charge in [0, 0.05) is 64.4 Å². The molecule has 0 fully saturated rings. The summed E-state index contributed by atoms with van der Waals surface area (Å²) < 4.78 is 46.0. The molecule has 61 heavy (non-hydrogen) atoms. The minimum atomic E-state index is -4.05. The van der Waals surface area contributed by atoms with Gasteiger partial charge in [-0.3, -0.25) is 24.4 Å². The summed E-state index contributed by atoms with van der Waals surface area (Å²) in [4.78, 5) is 55.8. The molecule has 2 aromatic heterocycles. The van der Waals surface area contributed by atoms with E-state index in [0.717, 1.165) is 29.9 Å². The van der Waals surface area contributed by atoms with Crippen molar-refractivity contribution in [3.05, 3.63) is 189 Å². The third kappa shape index (κ3) is 14.3. The molecule has 2 heterocycles. The van der Waals surface area contributed by atoms with Gasteiger partial charge in [-0.2, -0.15) is 0 Å². The van der Waals surface area contributed by atoms with E-state index >= 15 is 0 Å². The van der Waals surface area contributed by atoms with Crippen molar-refractivity contribution in [1.29, 1.82) is 0 Å². The number of rotatable bonds is 14. The van der Waals surface area contributed by atoms with Crippen LogP contribution in [0.2, 0.25) is 10.0 Å². The molecule has 0 amide bonds. The number of nitrogens with zero attached hydrogens (tertiary/aromatic N) is 2. The summed E-state index contributed by atoms with van der Waals surface area (Å²) in [6, 6.07) is 30.7. The van der Waals surface area contributed by atoms with Gasteiger partial charge in [-0.05, 0) is 92.2 Å². The monoisotopic (exact) mass is 903 g/mol. The maximum absolute atomic E-state index is 12.7. The summed E-state index contributed by atoms with van der Waals surface area (Å²) in [7, 11) is -8.10. The number of sulfonamides is 2. The van der Waals surface area contributed by atoms with Crippen LogP contribution in [0, 0.1) is 0 Å². The van der Waals surface area contributed by atoms with Gasteiger partial charge < -0.3 is 10.8 Å². The predicted molar refractivity (Wildman–Crippen MR) is 231 cm³/mol. The Morgan fingerprint density at radius 1 is 0.541 bits per heavy atom. The summed E-state index contributed by atoms with van der Waals surface area (Å²) in [5, 5.41) is 18.8. The second-order valence-electron chi connectivity index (χ2n) is 13.0. The smallest absolute Gasteiger partial charge is 0.335 e. The number of primary sulfonamides is 2. The maximum atomic E-state index is 12.7. The van der Waals surface area contributed by atoms with Gasteiger partial charge in [0.1, 0.15) is 9.79 Å². The van der Waals surface area contributed by atoms with Gasteiger partial charge >= 0.3 is 5.97 Å². The molecule has 0 aliphatic heterocycles. The molecule has 0 unspecified atom stereocenters. The Kier molecular flexibility index (Phi) is 17.2. The standard InChI is InChI=1S/C22H19ClN2O4S.C14H10ClNO5S.C7H10N2/c23-19-12-11-17(14-21(19)30(24,28)29)22(27)16-9-7-15(8-10-16)20(26)6-3-5-18-4-1-2-13-25-18;15-11-6-5-10(7-12(11)22(16,20)21)13(17)8-1-3-9(4-2-8)14(18)19;8-5-4-7-3-1-2-6-9-7/h1-2,4,7-14H,3,5-6H2,(H2,24,28,29);1-7H,(H,18,19)(H2,16,20,21);1-3,6H,4-5,8H2. The van der Waals surface area contributed by atoms with Gasteiger partial charge in [0.2, 0.25) is 20.0 Å². The van der Waals surface area contributed by atoms with E-state index < -0.39 is 37.6 Å². The van der Waals surface area contributed by atoms with Crippen LogP contribution in [-0.4, -0.2) is 61.8 Å². The van der Waals surface area contributed by atoms with Crippen LogP contribution in [0.15, 0.2) is 144 Å². The maximum Gasteiger partial charge on any atom is 0.335 e. The number of Topliss-reactive ketones (excluding diaryl/α,β-unsaturated/α-hetero) is 1. The van der Waals surface area contributed by atoms with E-state index in [-0.39, 0.29) is 47.9 Å². The molecule has 0 saturated heterocycles. The fourth-order valence-corrected chi connectivity index (χ4v) is 7.59. The quantitative estimate of drug-likeness (QED) is 0.0876. The van der Waals surface area contributed by atoms with Gasteiger partial charge in [0.25, 0.3) is 0 Å². The Bertz CT molecular complexity index is 2720. The number of hydrogen-bond donors (Lipinski definition) is 4. The van der Waals surface area contributed by atoms with Crippen molar-refractivity contribution >= 4 is 66.6 Å². The Morgan fingerprint density at radius 3 is 1.31 bits per heavy atom. The number of aromatic nitrogens is 2. The first-order chi connectivity index (χ1) is 28.9. The molecule has 6 rings (SSSR count). The van der Waals surface area contributed by atoms with Crippen molar-refractivity contribution in [2.75, 3.05) is 6.54 Å². The van der Waals surface area contributed by atoms with Gasteiger partial charge in [-0.25, -0.2) is 31.9 Å². The van der Waals surface area contributed by atoms with Crippen molar-refractivity contribution in [3.63, 3.8) is 0 Å². The van der Waals surface area contributed by atoms with E-state index in [1.807, 2.05) is 36.4 Å². The molecule has 0 atom stereocenters. The van der Waals surface area contributed by atoms with Crippen molar-refractivity contribution < 1.29 is 41.1 Å². The Hall–Kier alpha value is -5.98. The van der Waals surface area contributed by atoms with Crippen LogP contribution in [0.4, 0.5) is 0 Å². The highest BCUT2D eigenvalue weighted by molar-refractivity contribution is 7.89. The molecule has 6 aromatic rings. The summed E-state index contributed by atoms with van der Waals surface area (Å²) in [5.74, 6) is -2.00. The van der Waals surface area contributed by atoms with Gasteiger partial charge in [0.15, 0.2) is 17.3 Å². The topological polar surface area (TPSA) is 261 Å². The van der Waals surface area contributed by atoms with Gasteiger partial charge in [-0.15, -0.1) is 0 Å². The lowest BCUT2D eigenvalue weighted by atomic mass is 9.99. The normalized spacial score (nSPS) is 11.0. The van der Waals surface area contributed by atoms with Gasteiger partial charge in [-0.1, -0.05) is 71.7 Å². The SMILES string of the molecule is NCCc1ccccn1.NS(=O)(=O)c1cc(C(=O)c2ccc(C(=O)CCCc3ccccn3)cc2)ccc1Cl.NS(=O)(=O)c1cc(C(=O)c2ccc(C(=O)O)cc2)ccc1Cl. The molecule has 18 heteroatoms. The number of carboxylic acids is 1. The van der Waals surface area contributed by atoms with Crippen LogP contribution in [0.25, 0.3) is 0 Å². The zero-order valence-corrected chi connectivity index (χ0v) is 35.3. The highest BCUT2D eigenvalue weighted by Crippen LogP contribution is 2.25. The molecule has 14 nitrogen and oxygen atoms in total. The zero-order chi connectivity index (χ0) is 44.7. The fourth-order valence-electron chi connectivity index (χ4n) is 5.44. The van der Waals surface area contributed by atoms with Crippen LogP contribution >= 0.6 is 23.2 Å². The number of aromatic carboxylic acids is 1. The number of carbonyl (C=O) groups is 4. The average Bonchev–Trinajstić information content (AvgIpc) is 3.24. The molecule has 4 aromatic carbocycles. The largest absolute Gasteiger partial charge is 0.478 e. The number of nitrogens with two attached hydrogens (primary N) is 3. The molecular weight excluding hydrogens is 866 g/mol. The minimum absolute atomic E-state index is 0.0204. The molecule has 316 valence electrons. The number of carboxylic acid groups (broad SMARTS) is 1. The molecule has 0 saturated carbocycles. The number of ketones is 3. The Labute approximate surface area is 362 Å². The number of aryl methyl sites for hydroxylation is 1. The summed E-state index contributed by atoms with van der Waals surface area (Å²) in [5.41, 5.74) is 8.63. The second kappa shape index (κ2) is 22.0. The highest BCUT2D eigenvalue weighted by Gasteiger charge is 2.19. The number of hydrogen-bond acceptors (Lipinski definition) is 11. The van der Waals surface area contributed by atoms with Crippen molar-refractivity contribution in [2.45, 2.75) is 35.5 Å².